The predicted molar refractivity (Wildman–Crippen MR) is 176 cm³/mol. The Hall–Kier alpha value is -3.99. The van der Waals surface area contributed by atoms with Crippen molar-refractivity contribution >= 4 is 64.6 Å². The number of nitrogens with zero attached hydrogens (tertiary/aromatic N) is 3. The van der Waals surface area contributed by atoms with Crippen molar-refractivity contribution in [3.8, 4) is 17.3 Å². The Balaban J connectivity index is 0.00000312. The molecule has 0 radical (unpaired) electrons. The van der Waals surface area contributed by atoms with Crippen LogP contribution in [0.15, 0.2) is 83.5 Å². The van der Waals surface area contributed by atoms with Gasteiger partial charge in [0.1, 0.15) is 10.7 Å². The molecule has 5 nitrogen and oxygen atoms in total. The van der Waals surface area contributed by atoms with Crippen molar-refractivity contribution < 1.29 is 30.2 Å². The van der Waals surface area contributed by atoms with Crippen molar-refractivity contribution in [2.45, 2.75) is 46.0 Å². The van der Waals surface area contributed by atoms with Crippen molar-refractivity contribution in [3.05, 3.63) is 102 Å². The van der Waals surface area contributed by atoms with E-state index in [9.17, 15) is 0 Å². The molecule has 0 aliphatic carbocycles. The van der Waals surface area contributed by atoms with Gasteiger partial charge in [-0.3, -0.25) is 4.98 Å². The minimum Gasteiger partial charge on any atom is -0.503 e. The Labute approximate surface area is 273 Å². The molecule has 0 aliphatic heterocycles. The fraction of sp³-hybridized carbons (Fsp3) is 0.189. The number of ether oxygens (including phenoxy) is 1. The predicted octanol–water partition coefficient (Wildman–Crippen LogP) is 10.5. The zero-order valence-electron chi connectivity index (χ0n) is 25.0. The second kappa shape index (κ2) is 10.6. The molecule has 5 heterocycles. The fourth-order valence-electron chi connectivity index (χ4n) is 5.76. The van der Waals surface area contributed by atoms with E-state index in [1.165, 1.54) is 11.1 Å². The van der Waals surface area contributed by atoms with Crippen LogP contribution in [0.2, 0.25) is 0 Å². The van der Waals surface area contributed by atoms with Crippen molar-refractivity contribution in [2.75, 3.05) is 0 Å². The largest absolute Gasteiger partial charge is 2.00 e. The third kappa shape index (κ3) is 4.63. The van der Waals surface area contributed by atoms with Gasteiger partial charge in [-0.1, -0.05) is 81.9 Å². The number of fused-ring (bicyclic) bond motifs is 8. The van der Waals surface area contributed by atoms with E-state index in [4.69, 9.17) is 19.1 Å². The first-order valence-electron chi connectivity index (χ1n) is 14.5. The van der Waals surface area contributed by atoms with Gasteiger partial charge in [0.2, 0.25) is 0 Å². The summed E-state index contributed by atoms with van der Waals surface area (Å²) in [5.74, 6) is 2.47. The van der Waals surface area contributed by atoms with Gasteiger partial charge in [-0.25, -0.2) is 4.98 Å². The van der Waals surface area contributed by atoms with Crippen molar-refractivity contribution in [2.24, 2.45) is 0 Å². The Morgan fingerprint density at radius 1 is 0.909 bits per heavy atom. The van der Waals surface area contributed by atoms with Crippen LogP contribution >= 0.6 is 11.3 Å². The standard InChI is InChI=1S/C37H29N3O2S.Pt/c1-21(2)22-14-15-38-33(16-22)40-29-9-7-6-8-26(29)27-12-10-25(19-30(27)40)41-24-11-13-31-28(18-24)34-35-32(43-36(34)42-31)17-23(20-39-35)37(3,4)5;/h6-17,20-21H,1-5H3;/q-2;+2. The van der Waals surface area contributed by atoms with Crippen molar-refractivity contribution in [1.29, 1.82) is 0 Å². The molecule has 0 amide bonds. The summed E-state index contributed by atoms with van der Waals surface area (Å²) in [6, 6.07) is 29.8. The monoisotopic (exact) mass is 774 g/mol. The average Bonchev–Trinajstić information content (AvgIpc) is 3.63. The van der Waals surface area contributed by atoms with E-state index < -0.39 is 0 Å². The molecular weight excluding hydrogens is 746 g/mol. The quantitative estimate of drug-likeness (QED) is 0.167. The number of furan rings is 1. The van der Waals surface area contributed by atoms with E-state index in [2.05, 4.69) is 99.8 Å². The number of pyridine rings is 2. The first kappa shape index (κ1) is 28.8. The Morgan fingerprint density at radius 2 is 1.70 bits per heavy atom. The van der Waals surface area contributed by atoms with Crippen LogP contribution in [0.1, 0.15) is 51.7 Å². The van der Waals surface area contributed by atoms with Gasteiger partial charge in [0, 0.05) is 39.7 Å². The van der Waals surface area contributed by atoms with Crippen LogP contribution in [0.25, 0.3) is 59.1 Å². The summed E-state index contributed by atoms with van der Waals surface area (Å²) in [5.41, 5.74) is 6.18. The number of benzene rings is 3. The molecule has 0 fully saturated rings. The van der Waals surface area contributed by atoms with Crippen LogP contribution < -0.4 is 4.74 Å². The minimum absolute atomic E-state index is 0. The molecule has 8 aromatic rings. The van der Waals surface area contributed by atoms with E-state index in [1.54, 1.807) is 11.3 Å². The number of hydrogen-bond donors (Lipinski definition) is 0. The molecule has 7 heteroatoms. The van der Waals surface area contributed by atoms with E-state index >= 15 is 0 Å². The van der Waals surface area contributed by atoms with Crippen LogP contribution in [0.3, 0.4) is 0 Å². The van der Waals surface area contributed by atoms with Crippen LogP contribution in [0, 0.1) is 12.1 Å². The molecule has 3 aromatic carbocycles. The maximum Gasteiger partial charge on any atom is 2.00 e. The van der Waals surface area contributed by atoms with Crippen molar-refractivity contribution in [1.82, 2.24) is 14.5 Å². The number of rotatable bonds is 4. The van der Waals surface area contributed by atoms with Gasteiger partial charge in [0.05, 0.1) is 5.52 Å². The summed E-state index contributed by atoms with van der Waals surface area (Å²) < 4.78 is 15.9. The molecule has 8 rings (SSSR count). The van der Waals surface area contributed by atoms with Gasteiger partial charge < -0.3 is 13.7 Å². The van der Waals surface area contributed by atoms with Gasteiger partial charge in [-0.2, -0.15) is 6.07 Å². The molecule has 0 atom stereocenters. The maximum atomic E-state index is 6.41. The molecule has 0 N–H and O–H groups in total. The first-order chi connectivity index (χ1) is 20.7. The Morgan fingerprint density at radius 3 is 2.52 bits per heavy atom. The normalized spacial score (nSPS) is 12.2. The summed E-state index contributed by atoms with van der Waals surface area (Å²) >= 11 is 1.63. The van der Waals surface area contributed by atoms with Gasteiger partial charge >= 0.3 is 21.1 Å². The third-order valence-electron chi connectivity index (χ3n) is 8.14. The van der Waals surface area contributed by atoms with Crippen molar-refractivity contribution in [3.63, 3.8) is 0 Å². The van der Waals surface area contributed by atoms with E-state index in [0.29, 0.717) is 17.4 Å². The maximum absolute atomic E-state index is 6.41. The molecule has 5 aromatic heterocycles. The van der Waals surface area contributed by atoms with E-state index in [0.717, 1.165) is 59.1 Å². The van der Waals surface area contributed by atoms with E-state index in [-0.39, 0.29) is 26.5 Å². The molecule has 0 bridgehead atoms. The summed E-state index contributed by atoms with van der Waals surface area (Å²) in [6.07, 6.45) is 3.86. The number of thiophene rings is 1. The molecule has 0 aliphatic rings. The Bertz CT molecular complexity index is 2360. The molecule has 0 saturated heterocycles. The van der Waals surface area contributed by atoms with Gasteiger partial charge in [0.25, 0.3) is 0 Å². The zero-order valence-corrected chi connectivity index (χ0v) is 28.1. The van der Waals surface area contributed by atoms with Crippen LogP contribution in [-0.2, 0) is 26.5 Å². The summed E-state index contributed by atoms with van der Waals surface area (Å²) in [5, 5.41) is 4.11. The molecule has 44 heavy (non-hydrogen) atoms. The summed E-state index contributed by atoms with van der Waals surface area (Å²) in [4.78, 5) is 10.5. The van der Waals surface area contributed by atoms with Crippen LogP contribution in [-0.4, -0.2) is 14.5 Å². The molecular formula is C37H29N3O2PtS. The summed E-state index contributed by atoms with van der Waals surface area (Å²) in [7, 11) is 0. The summed E-state index contributed by atoms with van der Waals surface area (Å²) in [6.45, 7) is 11.0. The number of para-hydroxylation sites is 1. The fourth-order valence-corrected chi connectivity index (χ4v) is 6.83. The van der Waals surface area contributed by atoms with E-state index in [1.807, 2.05) is 30.6 Å². The molecule has 0 spiro atoms. The van der Waals surface area contributed by atoms with Crippen LogP contribution in [0.4, 0.5) is 0 Å². The molecule has 220 valence electrons. The zero-order chi connectivity index (χ0) is 29.5. The smallest absolute Gasteiger partial charge is 0.503 e. The topological polar surface area (TPSA) is 53.1 Å². The molecule has 0 saturated carbocycles. The van der Waals surface area contributed by atoms with Gasteiger partial charge in [-0.15, -0.1) is 28.9 Å². The SMILES string of the molecule is CC(C)c1ccnc(-n2c3[c-]c(Oc4[c-]c5c(cc4)oc4sc6cc(C(C)(C)C)cnc6c45)ccc3c3ccccc32)c1.[Pt+2]. The molecule has 0 unspecified atom stereocenters. The van der Waals surface area contributed by atoms with Gasteiger partial charge in [-0.05, 0) is 57.5 Å². The second-order valence-electron chi connectivity index (χ2n) is 12.4. The second-order valence-corrected chi connectivity index (χ2v) is 13.4. The first-order valence-corrected chi connectivity index (χ1v) is 15.3. The Kier molecular flexibility index (Phi) is 6.91. The number of aromatic nitrogens is 3. The van der Waals surface area contributed by atoms with Crippen LogP contribution in [0.5, 0.6) is 11.5 Å². The number of hydrogen-bond acceptors (Lipinski definition) is 5. The van der Waals surface area contributed by atoms with Gasteiger partial charge in [0.15, 0.2) is 0 Å². The minimum atomic E-state index is 0. The third-order valence-corrected chi connectivity index (χ3v) is 9.14. The average molecular weight is 775 g/mol.